The number of hydrogen-bond acceptors (Lipinski definition) is 13. The van der Waals surface area contributed by atoms with Crippen molar-refractivity contribution in [1.29, 1.82) is 0 Å². The number of nitrogens with zero attached hydrogens (tertiary/aromatic N) is 4. The van der Waals surface area contributed by atoms with Gasteiger partial charge in [-0.15, -0.1) is 0 Å². The summed E-state index contributed by atoms with van der Waals surface area (Å²) >= 11 is 0. The van der Waals surface area contributed by atoms with E-state index in [1.807, 2.05) is 0 Å². The molecule has 0 spiro atoms. The summed E-state index contributed by atoms with van der Waals surface area (Å²) in [5, 5.41) is 7.66. The van der Waals surface area contributed by atoms with Crippen molar-refractivity contribution in [3.05, 3.63) is 42.5 Å². The average Bonchev–Trinajstić information content (AvgIpc) is 2.71. The van der Waals surface area contributed by atoms with E-state index < -0.39 is 37.5 Å². The number of azo groups is 1. The molecule has 0 saturated carbocycles. The quantitative estimate of drug-likeness (QED) is 0.152. The molecule has 15 nitrogen and oxygen atoms in total. The Kier molecular flexibility index (Phi) is 6.60. The lowest BCUT2D eigenvalue weighted by Crippen LogP contribution is -2.45. The molecule has 1 aliphatic heterocycles. The maximum atomic E-state index is 11.8. The second-order valence-electron chi connectivity index (χ2n) is 6.55. The average molecular weight is 498 g/mol. The second-order valence-corrected chi connectivity index (χ2v) is 9.36. The van der Waals surface area contributed by atoms with Crippen molar-refractivity contribution in [3.8, 4) is 0 Å². The molecule has 0 aliphatic carbocycles. The van der Waals surface area contributed by atoms with Gasteiger partial charge in [0.1, 0.15) is 22.3 Å². The van der Waals surface area contributed by atoms with Gasteiger partial charge in [-0.1, -0.05) is 0 Å². The molecular weight excluding hydrogens is 478 g/mol. The summed E-state index contributed by atoms with van der Waals surface area (Å²) in [6.45, 7) is 0. The minimum atomic E-state index is -4.71. The van der Waals surface area contributed by atoms with Gasteiger partial charge in [0, 0.05) is 0 Å². The summed E-state index contributed by atoms with van der Waals surface area (Å²) in [5.74, 6) is -0.121. The third-order valence-electron chi connectivity index (χ3n) is 4.14. The van der Waals surface area contributed by atoms with Crippen molar-refractivity contribution < 1.29 is 25.9 Å². The highest BCUT2D eigenvalue weighted by Gasteiger charge is 2.24. The first-order valence-corrected chi connectivity index (χ1v) is 11.8. The molecule has 0 saturated heterocycles. The Labute approximate surface area is 188 Å². The fourth-order valence-corrected chi connectivity index (χ4v) is 3.73. The third-order valence-corrected chi connectivity index (χ3v) is 5.90. The number of amidine groups is 2. The van der Waals surface area contributed by atoms with Gasteiger partial charge in [-0.25, -0.2) is 9.98 Å². The van der Waals surface area contributed by atoms with Crippen molar-refractivity contribution in [2.24, 2.45) is 37.4 Å². The van der Waals surface area contributed by atoms with Crippen LogP contribution in [0.4, 0.5) is 17.1 Å². The summed E-state index contributed by atoms with van der Waals surface area (Å²) in [6.07, 6.45) is -0.966. The molecule has 3 rings (SSSR count). The van der Waals surface area contributed by atoms with Gasteiger partial charge in [0.05, 0.1) is 16.3 Å². The van der Waals surface area contributed by atoms with Gasteiger partial charge in [0.15, 0.2) is 12.3 Å². The molecule has 17 heteroatoms. The standard InChI is InChI=1S/C16H19N9O6S2/c17-14-13(15(18)21-16(19)20-14)25-24-11-6-3-9(7-12(11)33(29,30)31)23-22-8-1-4-10(5-2-8)32(26,27)28/h1-7,13,16,22-23H,19H2,(H2,17,20)(H2,18,21)(H,26,27,28)(H,29,30,31). The third kappa shape index (κ3) is 5.99. The van der Waals surface area contributed by atoms with Gasteiger partial charge in [-0.3, -0.25) is 14.8 Å². The first-order valence-electron chi connectivity index (χ1n) is 8.88. The van der Waals surface area contributed by atoms with Crippen LogP contribution in [0.25, 0.3) is 0 Å². The number of aliphatic imine (C=N–C) groups is 2. The fourth-order valence-electron chi connectivity index (χ4n) is 2.60. The van der Waals surface area contributed by atoms with E-state index in [9.17, 15) is 21.4 Å². The highest BCUT2D eigenvalue weighted by atomic mass is 32.2. The molecule has 33 heavy (non-hydrogen) atoms. The fraction of sp³-hybridized carbons (Fsp3) is 0.125. The maximum Gasteiger partial charge on any atom is 0.296 e. The van der Waals surface area contributed by atoms with Crippen molar-refractivity contribution in [1.82, 2.24) is 0 Å². The number of nitrogens with two attached hydrogens (primary N) is 3. The Balaban J connectivity index is 1.81. The zero-order valence-electron chi connectivity index (χ0n) is 16.6. The molecule has 0 bridgehead atoms. The molecule has 10 N–H and O–H groups in total. The Morgan fingerprint density at radius 3 is 1.94 bits per heavy atom. The molecule has 0 fully saturated rings. The highest BCUT2D eigenvalue weighted by molar-refractivity contribution is 7.86. The number of hydrazine groups is 1. The molecule has 0 atom stereocenters. The predicted octanol–water partition coefficient (Wildman–Crippen LogP) is 0.0416. The van der Waals surface area contributed by atoms with Crippen LogP contribution < -0.4 is 28.1 Å². The number of rotatable bonds is 7. The van der Waals surface area contributed by atoms with E-state index in [4.69, 9.17) is 21.8 Å². The number of hydrogen-bond donors (Lipinski definition) is 7. The van der Waals surface area contributed by atoms with Crippen LogP contribution in [0.2, 0.25) is 0 Å². The largest absolute Gasteiger partial charge is 0.385 e. The van der Waals surface area contributed by atoms with Crippen LogP contribution in [0.5, 0.6) is 0 Å². The number of nitrogens with one attached hydrogen (secondary N) is 2. The SMILES string of the molecule is NC1=NC(N)N=C(N)C1N=Nc1ccc(NNc2ccc(S(=O)(=O)O)cc2)cc1S(=O)(=O)O. The first-order chi connectivity index (χ1) is 15.3. The van der Waals surface area contributed by atoms with Gasteiger partial charge in [0.2, 0.25) is 0 Å². The molecule has 2 aromatic carbocycles. The van der Waals surface area contributed by atoms with Gasteiger partial charge < -0.3 is 22.3 Å². The van der Waals surface area contributed by atoms with Crippen LogP contribution in [0, 0.1) is 0 Å². The lowest BCUT2D eigenvalue weighted by Gasteiger charge is -2.17. The highest BCUT2D eigenvalue weighted by Crippen LogP contribution is 2.28. The minimum Gasteiger partial charge on any atom is -0.385 e. The summed E-state index contributed by atoms with van der Waals surface area (Å²) in [7, 11) is -9.04. The van der Waals surface area contributed by atoms with E-state index in [1.54, 1.807) is 0 Å². The van der Waals surface area contributed by atoms with Crippen LogP contribution in [0.1, 0.15) is 0 Å². The van der Waals surface area contributed by atoms with Crippen molar-refractivity contribution in [2.75, 3.05) is 10.9 Å². The van der Waals surface area contributed by atoms with E-state index in [0.29, 0.717) is 5.69 Å². The molecule has 0 amide bonds. The van der Waals surface area contributed by atoms with Crippen LogP contribution in [-0.4, -0.2) is 49.9 Å². The van der Waals surface area contributed by atoms with Crippen molar-refractivity contribution >= 4 is 49.0 Å². The Bertz CT molecular complexity index is 1340. The maximum absolute atomic E-state index is 11.8. The van der Waals surface area contributed by atoms with E-state index in [-0.39, 0.29) is 27.9 Å². The van der Waals surface area contributed by atoms with Crippen LogP contribution in [0.15, 0.2) is 72.5 Å². The van der Waals surface area contributed by atoms with E-state index in [0.717, 1.165) is 18.2 Å². The zero-order chi connectivity index (χ0) is 24.4. The number of benzene rings is 2. The lowest BCUT2D eigenvalue weighted by molar-refractivity contribution is 0.481. The van der Waals surface area contributed by atoms with Crippen LogP contribution in [0.3, 0.4) is 0 Å². The van der Waals surface area contributed by atoms with Crippen molar-refractivity contribution in [3.63, 3.8) is 0 Å². The van der Waals surface area contributed by atoms with Gasteiger partial charge in [-0.2, -0.15) is 27.1 Å². The Morgan fingerprint density at radius 2 is 1.39 bits per heavy atom. The summed E-state index contributed by atoms with van der Waals surface area (Å²) < 4.78 is 64.4. The molecular formula is C16H19N9O6S2. The molecule has 0 unspecified atom stereocenters. The number of anilines is 2. The Morgan fingerprint density at radius 1 is 0.848 bits per heavy atom. The molecule has 1 aliphatic rings. The normalized spacial score (nSPS) is 19.1. The topological polar surface area (TPSA) is 260 Å². The molecule has 176 valence electrons. The smallest absolute Gasteiger partial charge is 0.296 e. The monoisotopic (exact) mass is 497 g/mol. The van der Waals surface area contributed by atoms with Crippen LogP contribution >= 0.6 is 0 Å². The molecule has 0 radical (unpaired) electrons. The molecule has 1 heterocycles. The molecule has 2 aromatic rings. The summed E-state index contributed by atoms with van der Waals surface area (Å²) in [6, 6.07) is 7.75. The second kappa shape index (κ2) is 9.08. The Hall–Kier alpha value is -3.64. The van der Waals surface area contributed by atoms with Gasteiger partial charge in [0.25, 0.3) is 20.2 Å². The lowest BCUT2D eigenvalue weighted by atomic mass is 10.2. The van der Waals surface area contributed by atoms with E-state index in [2.05, 4.69) is 31.1 Å². The summed E-state index contributed by atoms with van der Waals surface area (Å²) in [4.78, 5) is 6.73. The van der Waals surface area contributed by atoms with E-state index >= 15 is 0 Å². The van der Waals surface area contributed by atoms with Crippen LogP contribution in [-0.2, 0) is 20.2 Å². The van der Waals surface area contributed by atoms with Gasteiger partial charge >= 0.3 is 0 Å². The zero-order valence-corrected chi connectivity index (χ0v) is 18.2. The predicted molar refractivity (Wildman–Crippen MR) is 119 cm³/mol. The van der Waals surface area contributed by atoms with Crippen molar-refractivity contribution in [2.45, 2.75) is 22.1 Å². The minimum absolute atomic E-state index is 0.0605. The van der Waals surface area contributed by atoms with E-state index in [1.165, 1.54) is 24.3 Å². The first kappa shape index (κ1) is 24.0. The van der Waals surface area contributed by atoms with Gasteiger partial charge in [-0.05, 0) is 42.5 Å². The molecule has 0 aromatic heterocycles. The summed E-state index contributed by atoms with van der Waals surface area (Å²) in [5.41, 5.74) is 22.7.